The van der Waals surface area contributed by atoms with Gasteiger partial charge in [0, 0.05) is 26.6 Å². The van der Waals surface area contributed by atoms with E-state index in [9.17, 15) is 13.2 Å². The van der Waals surface area contributed by atoms with Crippen LogP contribution in [-0.2, 0) is 14.8 Å². The molecule has 90 valence electrons. The molecule has 0 heterocycles. The van der Waals surface area contributed by atoms with Crippen molar-refractivity contribution in [3.63, 3.8) is 0 Å². The topological polar surface area (TPSA) is 66.5 Å². The molecule has 6 heteroatoms. The Balaban J connectivity index is 4.21. The number of hydrogen-bond acceptors (Lipinski definition) is 3. The lowest BCUT2D eigenvalue weighted by atomic mass is 10.2. The second-order valence-corrected chi connectivity index (χ2v) is 5.98. The third-order valence-electron chi connectivity index (χ3n) is 1.77. The van der Waals surface area contributed by atoms with Crippen molar-refractivity contribution in [3.8, 4) is 0 Å². The summed E-state index contributed by atoms with van der Waals surface area (Å²) in [5.74, 6) is 0.130. The Hall–Kier alpha value is -0.620. The number of carbonyl (C=O) groups is 1. The zero-order valence-corrected chi connectivity index (χ0v) is 10.6. The molecular weight excluding hydrogens is 216 g/mol. The average molecular weight is 236 g/mol. The number of hydrogen-bond donors (Lipinski definition) is 1. The molecule has 15 heavy (non-hydrogen) atoms. The number of rotatable bonds is 6. The first-order chi connectivity index (χ1) is 6.73. The van der Waals surface area contributed by atoms with E-state index in [4.69, 9.17) is 0 Å². The zero-order chi connectivity index (χ0) is 12.1. The maximum atomic E-state index is 11.4. The highest BCUT2D eigenvalue weighted by Gasteiger charge is 2.17. The Morgan fingerprint density at radius 3 is 2.27 bits per heavy atom. The summed E-state index contributed by atoms with van der Waals surface area (Å²) in [6, 6.07) is 0. The fourth-order valence-electron chi connectivity index (χ4n) is 1.16. The minimum Gasteiger partial charge on any atom is -0.355 e. The van der Waals surface area contributed by atoms with Crippen LogP contribution < -0.4 is 5.32 Å². The molecule has 0 aromatic carbocycles. The lowest BCUT2D eigenvalue weighted by Crippen LogP contribution is -2.39. The van der Waals surface area contributed by atoms with E-state index in [2.05, 4.69) is 5.32 Å². The Labute approximate surface area is 91.9 Å². The summed E-state index contributed by atoms with van der Waals surface area (Å²) >= 11 is 0. The van der Waals surface area contributed by atoms with Crippen molar-refractivity contribution >= 4 is 15.9 Å². The van der Waals surface area contributed by atoms with Gasteiger partial charge in [0.1, 0.15) is 0 Å². The highest BCUT2D eigenvalue weighted by Crippen LogP contribution is 2.02. The molecule has 5 nitrogen and oxygen atoms in total. The van der Waals surface area contributed by atoms with Gasteiger partial charge in [0.2, 0.25) is 15.9 Å². The molecule has 0 bridgehead atoms. The lowest BCUT2D eigenvalue weighted by molar-refractivity contribution is -0.118. The van der Waals surface area contributed by atoms with Crippen LogP contribution in [0.4, 0.5) is 0 Å². The predicted octanol–water partition coefficient (Wildman–Crippen LogP) is 0.0401. The van der Waals surface area contributed by atoms with Crippen molar-refractivity contribution < 1.29 is 13.2 Å². The van der Waals surface area contributed by atoms with Crippen LogP contribution in [0.15, 0.2) is 0 Å². The maximum absolute atomic E-state index is 11.4. The van der Waals surface area contributed by atoms with E-state index >= 15 is 0 Å². The summed E-state index contributed by atoms with van der Waals surface area (Å²) in [5.41, 5.74) is 0. The Kier molecular flexibility index (Phi) is 5.82. The molecule has 0 fully saturated rings. The fraction of sp³-hybridized carbons (Fsp3) is 0.889. The van der Waals surface area contributed by atoms with Crippen LogP contribution in [0.1, 0.15) is 20.8 Å². The Morgan fingerprint density at radius 2 is 1.93 bits per heavy atom. The number of carbonyl (C=O) groups excluding carboxylic acids is 1. The predicted molar refractivity (Wildman–Crippen MR) is 59.9 cm³/mol. The van der Waals surface area contributed by atoms with E-state index < -0.39 is 10.0 Å². The highest BCUT2D eigenvalue weighted by molar-refractivity contribution is 7.88. The van der Waals surface area contributed by atoms with Crippen molar-refractivity contribution in [2.75, 3.05) is 25.9 Å². The second-order valence-electron chi connectivity index (χ2n) is 4.00. The summed E-state index contributed by atoms with van der Waals surface area (Å²) in [7, 11) is -3.18. The van der Waals surface area contributed by atoms with Gasteiger partial charge >= 0.3 is 0 Å². The fourth-order valence-corrected chi connectivity index (χ4v) is 2.15. The van der Waals surface area contributed by atoms with E-state index in [1.807, 2.05) is 13.8 Å². The molecule has 0 saturated heterocycles. The van der Waals surface area contributed by atoms with E-state index in [-0.39, 0.29) is 11.8 Å². The molecule has 1 amide bonds. The van der Waals surface area contributed by atoms with Gasteiger partial charge < -0.3 is 5.32 Å². The monoisotopic (exact) mass is 236 g/mol. The van der Waals surface area contributed by atoms with Crippen LogP contribution in [0.25, 0.3) is 0 Å². The van der Waals surface area contributed by atoms with Crippen molar-refractivity contribution in [3.05, 3.63) is 0 Å². The number of amides is 1. The molecule has 0 unspecified atom stereocenters. The van der Waals surface area contributed by atoms with Crippen LogP contribution in [0, 0.1) is 5.92 Å². The minimum absolute atomic E-state index is 0.145. The van der Waals surface area contributed by atoms with Crippen LogP contribution in [-0.4, -0.2) is 44.5 Å². The van der Waals surface area contributed by atoms with Gasteiger partial charge in [0.25, 0.3) is 0 Å². The van der Waals surface area contributed by atoms with Crippen LogP contribution >= 0.6 is 0 Å². The SMILES string of the molecule is CC(=O)NCCN(CC(C)C)S(C)(=O)=O. The molecule has 1 N–H and O–H groups in total. The molecule has 0 rings (SSSR count). The van der Waals surface area contributed by atoms with Crippen LogP contribution in [0.5, 0.6) is 0 Å². The van der Waals surface area contributed by atoms with Crippen molar-refractivity contribution in [2.24, 2.45) is 5.92 Å². The van der Waals surface area contributed by atoms with Crippen molar-refractivity contribution in [2.45, 2.75) is 20.8 Å². The molecule has 0 aliphatic rings. The highest BCUT2D eigenvalue weighted by atomic mass is 32.2. The first-order valence-electron chi connectivity index (χ1n) is 4.93. The van der Waals surface area contributed by atoms with Crippen LogP contribution in [0.2, 0.25) is 0 Å². The second kappa shape index (κ2) is 6.07. The van der Waals surface area contributed by atoms with Gasteiger partial charge in [-0.15, -0.1) is 0 Å². The number of nitrogens with one attached hydrogen (secondary N) is 1. The van der Waals surface area contributed by atoms with Gasteiger partial charge in [0.05, 0.1) is 6.26 Å². The molecule has 0 atom stereocenters. The normalized spacial score (nSPS) is 12.1. The zero-order valence-electron chi connectivity index (χ0n) is 9.78. The third kappa shape index (κ3) is 7.33. The molecule has 0 aromatic rings. The summed E-state index contributed by atoms with van der Waals surface area (Å²) in [6.07, 6.45) is 1.18. The van der Waals surface area contributed by atoms with Gasteiger partial charge in [-0.1, -0.05) is 13.8 Å². The van der Waals surface area contributed by atoms with Gasteiger partial charge in [-0.05, 0) is 5.92 Å². The smallest absolute Gasteiger partial charge is 0.216 e. The van der Waals surface area contributed by atoms with E-state index in [0.29, 0.717) is 19.6 Å². The minimum atomic E-state index is -3.18. The lowest BCUT2D eigenvalue weighted by Gasteiger charge is -2.21. The van der Waals surface area contributed by atoms with Gasteiger partial charge in [-0.2, -0.15) is 0 Å². The van der Waals surface area contributed by atoms with Gasteiger partial charge in [-0.3, -0.25) is 4.79 Å². The molecule has 0 radical (unpaired) electrons. The molecule has 0 aliphatic heterocycles. The largest absolute Gasteiger partial charge is 0.355 e. The van der Waals surface area contributed by atoms with Crippen LogP contribution in [0.3, 0.4) is 0 Å². The van der Waals surface area contributed by atoms with Crippen molar-refractivity contribution in [1.29, 1.82) is 0 Å². The standard InChI is InChI=1S/C9H20N2O3S/c1-8(2)7-11(15(4,13)14)6-5-10-9(3)12/h8H,5-7H2,1-4H3,(H,10,12). The number of nitrogens with zero attached hydrogens (tertiary/aromatic N) is 1. The summed E-state index contributed by atoms with van der Waals surface area (Å²) < 4.78 is 24.1. The van der Waals surface area contributed by atoms with Crippen molar-refractivity contribution in [1.82, 2.24) is 9.62 Å². The Morgan fingerprint density at radius 1 is 1.40 bits per heavy atom. The maximum Gasteiger partial charge on any atom is 0.216 e. The van der Waals surface area contributed by atoms with E-state index in [0.717, 1.165) is 0 Å². The molecule has 0 aromatic heterocycles. The summed E-state index contributed by atoms with van der Waals surface area (Å²) in [5, 5.41) is 2.58. The quantitative estimate of drug-likeness (QED) is 0.708. The summed E-state index contributed by atoms with van der Waals surface area (Å²) in [6.45, 7) is 6.49. The first-order valence-corrected chi connectivity index (χ1v) is 6.78. The van der Waals surface area contributed by atoms with Gasteiger partial charge in [0.15, 0.2) is 0 Å². The molecule has 0 saturated carbocycles. The first kappa shape index (κ1) is 14.4. The molecule has 0 spiro atoms. The van der Waals surface area contributed by atoms with E-state index in [1.165, 1.54) is 17.5 Å². The van der Waals surface area contributed by atoms with Gasteiger partial charge in [-0.25, -0.2) is 12.7 Å². The van der Waals surface area contributed by atoms with E-state index in [1.54, 1.807) is 0 Å². The summed E-state index contributed by atoms with van der Waals surface area (Å²) in [4.78, 5) is 10.6. The third-order valence-corrected chi connectivity index (χ3v) is 3.04. The number of sulfonamides is 1. The molecular formula is C9H20N2O3S. The Bertz CT molecular complexity index is 298. The molecule has 0 aliphatic carbocycles. The average Bonchev–Trinajstić information content (AvgIpc) is 1.99.